The van der Waals surface area contributed by atoms with Crippen LogP contribution in [0.5, 0.6) is 0 Å². The molecule has 1 aliphatic carbocycles. The van der Waals surface area contributed by atoms with Gasteiger partial charge < -0.3 is 15.2 Å². The number of hydrogen-bond donors (Lipinski definition) is 2. The van der Waals surface area contributed by atoms with E-state index in [-0.39, 0.29) is 23.5 Å². The molecule has 1 fully saturated rings. The SMILES string of the molecule is CCn1ncc2c(NC3CCC(C(=O)OC(C)(C)C)CC3)c(C(=O)O)cnc21. The zero-order valence-electron chi connectivity index (χ0n) is 16.9. The molecule has 0 spiro atoms. The van der Waals surface area contributed by atoms with Crippen molar-refractivity contribution < 1.29 is 19.4 Å². The highest BCUT2D eigenvalue weighted by molar-refractivity contribution is 6.03. The third-order valence-electron chi connectivity index (χ3n) is 5.01. The van der Waals surface area contributed by atoms with Crippen LogP contribution in [0.4, 0.5) is 5.69 Å². The maximum atomic E-state index is 12.3. The van der Waals surface area contributed by atoms with Crippen molar-refractivity contribution >= 4 is 28.7 Å². The van der Waals surface area contributed by atoms with Crippen LogP contribution in [0.15, 0.2) is 12.4 Å². The minimum absolute atomic E-state index is 0.0902. The largest absolute Gasteiger partial charge is 0.478 e. The van der Waals surface area contributed by atoms with E-state index in [9.17, 15) is 14.7 Å². The van der Waals surface area contributed by atoms with E-state index < -0.39 is 11.6 Å². The molecule has 0 aromatic carbocycles. The van der Waals surface area contributed by atoms with Crippen molar-refractivity contribution in [2.24, 2.45) is 5.92 Å². The van der Waals surface area contributed by atoms with Gasteiger partial charge in [0.25, 0.3) is 0 Å². The quantitative estimate of drug-likeness (QED) is 0.755. The fourth-order valence-corrected chi connectivity index (χ4v) is 3.64. The van der Waals surface area contributed by atoms with E-state index in [1.54, 1.807) is 10.9 Å². The van der Waals surface area contributed by atoms with Crippen molar-refractivity contribution in [1.82, 2.24) is 14.8 Å². The number of nitrogens with one attached hydrogen (secondary N) is 1. The second kappa shape index (κ2) is 7.77. The van der Waals surface area contributed by atoms with Crippen LogP contribution in [0.2, 0.25) is 0 Å². The molecule has 0 radical (unpaired) electrons. The minimum atomic E-state index is -1.02. The van der Waals surface area contributed by atoms with Gasteiger partial charge in [0.2, 0.25) is 0 Å². The summed E-state index contributed by atoms with van der Waals surface area (Å²) in [6, 6.07) is 0.0902. The highest BCUT2D eigenvalue weighted by atomic mass is 16.6. The van der Waals surface area contributed by atoms with Gasteiger partial charge in [0.05, 0.1) is 23.2 Å². The molecule has 2 aromatic rings. The van der Waals surface area contributed by atoms with E-state index >= 15 is 0 Å². The summed E-state index contributed by atoms with van der Waals surface area (Å²) in [6.45, 7) is 8.23. The third kappa shape index (κ3) is 4.26. The zero-order chi connectivity index (χ0) is 20.5. The summed E-state index contributed by atoms with van der Waals surface area (Å²) >= 11 is 0. The van der Waals surface area contributed by atoms with Gasteiger partial charge in [-0.3, -0.25) is 4.79 Å². The second-order valence-corrected chi connectivity index (χ2v) is 8.28. The Morgan fingerprint density at radius 1 is 1.25 bits per heavy atom. The van der Waals surface area contributed by atoms with E-state index in [0.717, 1.165) is 25.7 Å². The highest BCUT2D eigenvalue weighted by Crippen LogP contribution is 2.32. The summed E-state index contributed by atoms with van der Waals surface area (Å²) in [5.41, 5.74) is 0.873. The Kier molecular flexibility index (Phi) is 5.58. The first-order chi connectivity index (χ1) is 13.2. The molecule has 28 heavy (non-hydrogen) atoms. The second-order valence-electron chi connectivity index (χ2n) is 8.28. The predicted octanol–water partition coefficient (Wildman–Crippen LogP) is 3.46. The normalized spacial score (nSPS) is 20.1. The molecule has 0 atom stereocenters. The molecule has 0 unspecified atom stereocenters. The number of carboxylic acid groups (broad SMARTS) is 1. The Hall–Kier alpha value is -2.64. The maximum absolute atomic E-state index is 12.3. The average Bonchev–Trinajstić information content (AvgIpc) is 3.04. The Balaban J connectivity index is 1.75. The van der Waals surface area contributed by atoms with Gasteiger partial charge in [0, 0.05) is 18.8 Å². The standard InChI is InChI=1S/C20H28N4O4/c1-5-24-17-14(11-22-24)16(15(10-21-17)18(25)26)23-13-8-6-12(7-9-13)19(27)28-20(2,3)4/h10-13H,5-9H2,1-4H3,(H,21,23)(H,25,26). The van der Waals surface area contributed by atoms with E-state index in [0.29, 0.717) is 23.3 Å². The molecule has 152 valence electrons. The number of aryl methyl sites for hydroxylation is 1. The van der Waals surface area contributed by atoms with Gasteiger partial charge in [-0.25, -0.2) is 14.5 Å². The van der Waals surface area contributed by atoms with E-state index in [1.807, 2.05) is 27.7 Å². The summed E-state index contributed by atoms with van der Waals surface area (Å²) < 4.78 is 7.24. The topological polar surface area (TPSA) is 106 Å². The van der Waals surface area contributed by atoms with Gasteiger partial charge in [-0.05, 0) is 53.4 Å². The number of carbonyl (C=O) groups excluding carboxylic acids is 1. The van der Waals surface area contributed by atoms with Crippen molar-refractivity contribution in [3.8, 4) is 0 Å². The number of pyridine rings is 1. The van der Waals surface area contributed by atoms with Crippen molar-refractivity contribution in [3.05, 3.63) is 18.0 Å². The third-order valence-corrected chi connectivity index (χ3v) is 5.01. The molecule has 2 N–H and O–H groups in total. The first kappa shape index (κ1) is 20.1. The summed E-state index contributed by atoms with van der Waals surface area (Å²) in [6.07, 6.45) is 6.03. The van der Waals surface area contributed by atoms with E-state index in [4.69, 9.17) is 4.74 Å². The number of rotatable bonds is 5. The Labute approximate surface area is 164 Å². The number of hydrogen-bond acceptors (Lipinski definition) is 6. The number of nitrogens with zero attached hydrogens (tertiary/aromatic N) is 3. The van der Waals surface area contributed by atoms with E-state index in [1.165, 1.54) is 6.20 Å². The van der Waals surface area contributed by atoms with Crippen molar-refractivity contribution in [1.29, 1.82) is 0 Å². The molecule has 2 aromatic heterocycles. The lowest BCUT2D eigenvalue weighted by Gasteiger charge is -2.31. The van der Waals surface area contributed by atoms with Crippen molar-refractivity contribution in [2.45, 2.75) is 71.6 Å². The maximum Gasteiger partial charge on any atom is 0.339 e. The van der Waals surface area contributed by atoms with E-state index in [2.05, 4.69) is 15.4 Å². The lowest BCUT2D eigenvalue weighted by Crippen LogP contribution is -2.34. The molecular weight excluding hydrogens is 360 g/mol. The summed E-state index contributed by atoms with van der Waals surface area (Å²) in [5, 5.41) is 18.0. The first-order valence-corrected chi connectivity index (χ1v) is 9.76. The fourth-order valence-electron chi connectivity index (χ4n) is 3.64. The Morgan fingerprint density at radius 2 is 1.93 bits per heavy atom. The molecule has 0 bridgehead atoms. The van der Waals surface area contributed by atoms with Gasteiger partial charge in [0.15, 0.2) is 5.65 Å². The van der Waals surface area contributed by atoms with Crippen LogP contribution in [0, 0.1) is 5.92 Å². The molecule has 1 aliphatic rings. The van der Waals surface area contributed by atoms with Crippen LogP contribution in [0.3, 0.4) is 0 Å². The van der Waals surface area contributed by atoms with Gasteiger partial charge in [-0.15, -0.1) is 0 Å². The molecule has 0 saturated heterocycles. The number of carbonyl (C=O) groups is 2. The van der Waals surface area contributed by atoms with Crippen molar-refractivity contribution in [2.75, 3.05) is 5.32 Å². The van der Waals surface area contributed by atoms with Crippen LogP contribution >= 0.6 is 0 Å². The summed E-state index contributed by atoms with van der Waals surface area (Å²) in [7, 11) is 0. The summed E-state index contributed by atoms with van der Waals surface area (Å²) in [5.74, 6) is -1.27. The molecular formula is C20H28N4O4. The molecule has 8 heteroatoms. The van der Waals surface area contributed by atoms with Gasteiger partial charge in [-0.2, -0.15) is 5.10 Å². The van der Waals surface area contributed by atoms with Crippen LogP contribution in [-0.2, 0) is 16.1 Å². The van der Waals surface area contributed by atoms with Gasteiger partial charge >= 0.3 is 11.9 Å². The Bertz CT molecular complexity index is 876. The molecule has 8 nitrogen and oxygen atoms in total. The lowest BCUT2D eigenvalue weighted by atomic mass is 9.85. The number of aromatic carboxylic acids is 1. The molecule has 3 rings (SSSR count). The van der Waals surface area contributed by atoms with Gasteiger partial charge in [-0.1, -0.05) is 0 Å². The molecule has 0 amide bonds. The monoisotopic (exact) mass is 388 g/mol. The molecule has 2 heterocycles. The number of ether oxygens (including phenoxy) is 1. The van der Waals surface area contributed by atoms with Crippen LogP contribution in [0.25, 0.3) is 11.0 Å². The van der Waals surface area contributed by atoms with Crippen molar-refractivity contribution in [3.63, 3.8) is 0 Å². The lowest BCUT2D eigenvalue weighted by molar-refractivity contribution is -0.161. The average molecular weight is 388 g/mol. The Morgan fingerprint density at radius 3 is 2.50 bits per heavy atom. The zero-order valence-corrected chi connectivity index (χ0v) is 16.9. The van der Waals surface area contributed by atoms with Gasteiger partial charge in [0.1, 0.15) is 11.2 Å². The summed E-state index contributed by atoms with van der Waals surface area (Å²) in [4.78, 5) is 28.3. The number of carboxylic acids is 1. The van der Waals surface area contributed by atoms with Crippen LogP contribution in [0.1, 0.15) is 63.7 Å². The first-order valence-electron chi connectivity index (χ1n) is 9.76. The molecule has 0 aliphatic heterocycles. The highest BCUT2D eigenvalue weighted by Gasteiger charge is 2.31. The minimum Gasteiger partial charge on any atom is -0.478 e. The number of esters is 1. The number of anilines is 1. The molecule has 1 saturated carbocycles. The number of aromatic nitrogens is 3. The smallest absolute Gasteiger partial charge is 0.339 e. The fraction of sp³-hybridized carbons (Fsp3) is 0.600. The predicted molar refractivity (Wildman–Crippen MR) is 105 cm³/mol. The van der Waals surface area contributed by atoms with Crippen LogP contribution in [-0.4, -0.2) is 43.5 Å². The number of fused-ring (bicyclic) bond motifs is 1. The van der Waals surface area contributed by atoms with Crippen LogP contribution < -0.4 is 5.32 Å².